The minimum atomic E-state index is -2.93. The summed E-state index contributed by atoms with van der Waals surface area (Å²) in [4.78, 5) is 4.66. The van der Waals surface area contributed by atoms with Gasteiger partial charge in [0.15, 0.2) is 15.8 Å². The van der Waals surface area contributed by atoms with Crippen LogP contribution in [0.5, 0.6) is 11.5 Å². The molecule has 1 saturated carbocycles. The fourth-order valence-electron chi connectivity index (χ4n) is 3.67. The summed E-state index contributed by atoms with van der Waals surface area (Å²) in [6.45, 7) is 3.14. The zero-order valence-electron chi connectivity index (χ0n) is 17.1. The van der Waals surface area contributed by atoms with E-state index in [9.17, 15) is 8.42 Å². The molecule has 164 valence electrons. The molecule has 1 aromatic rings. The number of hydrogen-bond donors (Lipinski definition) is 2. The van der Waals surface area contributed by atoms with Crippen LogP contribution in [0.3, 0.4) is 0 Å². The van der Waals surface area contributed by atoms with Gasteiger partial charge in [0.05, 0.1) is 31.3 Å². The van der Waals surface area contributed by atoms with Gasteiger partial charge in [-0.3, -0.25) is 0 Å². The van der Waals surface area contributed by atoms with Crippen molar-refractivity contribution in [1.82, 2.24) is 10.6 Å². The van der Waals surface area contributed by atoms with E-state index in [1.165, 1.54) is 12.8 Å². The molecule has 29 heavy (non-hydrogen) atoms. The Bertz CT molecular complexity index is 795. The Labute approximate surface area is 191 Å². The van der Waals surface area contributed by atoms with Crippen LogP contribution in [-0.4, -0.2) is 51.7 Å². The Balaban J connectivity index is 0.00000300. The van der Waals surface area contributed by atoms with Crippen molar-refractivity contribution < 1.29 is 17.9 Å². The van der Waals surface area contributed by atoms with Crippen molar-refractivity contribution >= 4 is 39.8 Å². The second-order valence-electron chi connectivity index (χ2n) is 7.44. The van der Waals surface area contributed by atoms with E-state index in [1.807, 2.05) is 25.1 Å². The zero-order valence-corrected chi connectivity index (χ0v) is 20.3. The highest BCUT2D eigenvalue weighted by Gasteiger charge is 2.28. The molecule has 1 aliphatic heterocycles. The van der Waals surface area contributed by atoms with Gasteiger partial charge in [-0.2, -0.15) is 0 Å². The standard InChI is InChI=1S/C20H31N3O4S.HI/c1-3-21-20(23-16-10-11-28(24,25)14-16)22-13-15-8-9-18(26-2)12-19(15)27-17-6-4-5-7-17;/h8-9,12,16-17H,3-7,10-11,13-14H2,1-2H3,(H2,21,22,23);1H. The van der Waals surface area contributed by atoms with Crippen molar-refractivity contribution in [2.24, 2.45) is 4.99 Å². The fraction of sp³-hybridized carbons (Fsp3) is 0.650. The van der Waals surface area contributed by atoms with Crippen molar-refractivity contribution in [2.75, 3.05) is 25.2 Å². The van der Waals surface area contributed by atoms with Gasteiger partial charge in [-0.15, -0.1) is 24.0 Å². The second-order valence-corrected chi connectivity index (χ2v) is 9.67. The van der Waals surface area contributed by atoms with E-state index in [1.54, 1.807) is 7.11 Å². The normalized spacial score (nSPS) is 21.4. The summed E-state index contributed by atoms with van der Waals surface area (Å²) >= 11 is 0. The van der Waals surface area contributed by atoms with Crippen LogP contribution in [0.2, 0.25) is 0 Å². The molecule has 1 unspecified atom stereocenters. The van der Waals surface area contributed by atoms with Crippen LogP contribution >= 0.6 is 24.0 Å². The number of guanidine groups is 1. The first kappa shape index (κ1) is 24.0. The lowest BCUT2D eigenvalue weighted by Crippen LogP contribution is -2.44. The van der Waals surface area contributed by atoms with Crippen molar-refractivity contribution in [1.29, 1.82) is 0 Å². The molecule has 1 aromatic carbocycles. The number of benzene rings is 1. The molecule has 1 saturated heterocycles. The summed E-state index contributed by atoms with van der Waals surface area (Å²) in [5, 5.41) is 6.45. The van der Waals surface area contributed by atoms with Gasteiger partial charge in [-0.1, -0.05) is 0 Å². The summed E-state index contributed by atoms with van der Waals surface area (Å²) in [6, 6.07) is 5.73. The minimum absolute atomic E-state index is 0. The Kier molecular flexibility index (Phi) is 9.32. The van der Waals surface area contributed by atoms with Crippen molar-refractivity contribution in [3.8, 4) is 11.5 Å². The number of rotatable bonds is 7. The van der Waals surface area contributed by atoms with Crippen LogP contribution in [0, 0.1) is 0 Å². The predicted octanol–water partition coefficient (Wildman–Crippen LogP) is 2.88. The molecule has 2 N–H and O–H groups in total. The highest BCUT2D eigenvalue weighted by molar-refractivity contribution is 14.0. The molecule has 9 heteroatoms. The van der Waals surface area contributed by atoms with Crippen LogP contribution in [0.1, 0.15) is 44.6 Å². The van der Waals surface area contributed by atoms with Gasteiger partial charge in [0.1, 0.15) is 11.5 Å². The first-order valence-corrected chi connectivity index (χ1v) is 11.9. The van der Waals surface area contributed by atoms with Gasteiger partial charge in [0.25, 0.3) is 0 Å². The third kappa shape index (κ3) is 7.20. The van der Waals surface area contributed by atoms with Crippen LogP contribution in [0.15, 0.2) is 23.2 Å². The molecule has 0 radical (unpaired) electrons. The third-order valence-electron chi connectivity index (χ3n) is 5.20. The zero-order chi connectivity index (χ0) is 20.0. The summed E-state index contributed by atoms with van der Waals surface area (Å²) in [6.07, 6.45) is 5.46. The molecule has 0 spiro atoms. The molecule has 2 fully saturated rings. The van der Waals surface area contributed by atoms with Crippen LogP contribution in [0.25, 0.3) is 0 Å². The molecule has 0 amide bonds. The molecular formula is C20H32IN3O4S. The second kappa shape index (κ2) is 11.2. The topological polar surface area (TPSA) is 89.0 Å². The van der Waals surface area contributed by atoms with E-state index in [0.29, 0.717) is 25.5 Å². The number of ether oxygens (including phenoxy) is 2. The maximum absolute atomic E-state index is 11.7. The first-order valence-electron chi connectivity index (χ1n) is 10.1. The lowest BCUT2D eigenvalue weighted by molar-refractivity contribution is 0.207. The number of halogens is 1. The largest absolute Gasteiger partial charge is 0.497 e. The van der Waals surface area contributed by atoms with Gasteiger partial charge in [-0.25, -0.2) is 13.4 Å². The quantitative estimate of drug-likeness (QED) is 0.316. The number of hydrogen-bond acceptors (Lipinski definition) is 5. The summed E-state index contributed by atoms with van der Waals surface area (Å²) in [5.41, 5.74) is 0.990. The molecule has 3 rings (SSSR count). The van der Waals surface area contributed by atoms with E-state index in [0.717, 1.165) is 29.9 Å². The van der Waals surface area contributed by atoms with Crippen molar-refractivity contribution in [3.05, 3.63) is 23.8 Å². The molecule has 0 aromatic heterocycles. The number of nitrogens with one attached hydrogen (secondary N) is 2. The number of aliphatic imine (C=N–C) groups is 1. The van der Waals surface area contributed by atoms with Crippen LogP contribution in [-0.2, 0) is 16.4 Å². The van der Waals surface area contributed by atoms with Crippen LogP contribution < -0.4 is 20.1 Å². The van der Waals surface area contributed by atoms with Gasteiger partial charge in [0, 0.05) is 24.2 Å². The molecule has 1 heterocycles. The van der Waals surface area contributed by atoms with E-state index in [2.05, 4.69) is 15.6 Å². The average molecular weight is 537 g/mol. The average Bonchev–Trinajstić information content (AvgIpc) is 3.29. The monoisotopic (exact) mass is 537 g/mol. The van der Waals surface area contributed by atoms with E-state index in [-0.39, 0.29) is 47.6 Å². The van der Waals surface area contributed by atoms with Gasteiger partial charge < -0.3 is 20.1 Å². The molecule has 0 bridgehead atoms. The molecular weight excluding hydrogens is 505 g/mol. The van der Waals surface area contributed by atoms with E-state index >= 15 is 0 Å². The Morgan fingerprint density at radius 3 is 2.62 bits per heavy atom. The molecule has 1 aliphatic carbocycles. The smallest absolute Gasteiger partial charge is 0.191 e. The molecule has 7 nitrogen and oxygen atoms in total. The lowest BCUT2D eigenvalue weighted by Gasteiger charge is -2.18. The summed E-state index contributed by atoms with van der Waals surface area (Å²) < 4.78 is 35.0. The number of nitrogens with zero attached hydrogens (tertiary/aromatic N) is 1. The van der Waals surface area contributed by atoms with E-state index < -0.39 is 9.84 Å². The Morgan fingerprint density at radius 2 is 2.00 bits per heavy atom. The highest BCUT2D eigenvalue weighted by atomic mass is 127. The van der Waals surface area contributed by atoms with Crippen LogP contribution in [0.4, 0.5) is 0 Å². The van der Waals surface area contributed by atoms with E-state index in [4.69, 9.17) is 9.47 Å². The summed E-state index contributed by atoms with van der Waals surface area (Å²) in [7, 11) is -1.28. The Hall–Kier alpha value is -1.23. The SMILES string of the molecule is CCNC(=NCc1ccc(OC)cc1OC1CCCC1)NC1CCS(=O)(=O)C1.I. The number of sulfone groups is 1. The third-order valence-corrected chi connectivity index (χ3v) is 6.96. The van der Waals surface area contributed by atoms with Gasteiger partial charge in [-0.05, 0) is 51.2 Å². The van der Waals surface area contributed by atoms with Crippen molar-refractivity contribution in [2.45, 2.75) is 57.7 Å². The predicted molar refractivity (Wildman–Crippen MR) is 126 cm³/mol. The van der Waals surface area contributed by atoms with Crippen molar-refractivity contribution in [3.63, 3.8) is 0 Å². The van der Waals surface area contributed by atoms with Gasteiger partial charge in [0.2, 0.25) is 0 Å². The minimum Gasteiger partial charge on any atom is -0.497 e. The van der Waals surface area contributed by atoms with Gasteiger partial charge >= 0.3 is 0 Å². The number of methoxy groups -OCH3 is 1. The maximum Gasteiger partial charge on any atom is 0.191 e. The molecule has 2 aliphatic rings. The highest BCUT2D eigenvalue weighted by Crippen LogP contribution is 2.30. The molecule has 1 atom stereocenters. The fourth-order valence-corrected chi connectivity index (χ4v) is 5.35. The maximum atomic E-state index is 11.7. The first-order chi connectivity index (χ1) is 13.5. The summed E-state index contributed by atoms with van der Waals surface area (Å²) in [5.74, 6) is 2.61. The Morgan fingerprint density at radius 1 is 1.24 bits per heavy atom. The lowest BCUT2D eigenvalue weighted by atomic mass is 10.2.